The highest BCUT2D eigenvalue weighted by Crippen LogP contribution is 2.25. The van der Waals surface area contributed by atoms with Gasteiger partial charge in [-0.15, -0.1) is 0 Å². The van der Waals surface area contributed by atoms with Gasteiger partial charge in [0, 0.05) is 29.7 Å². The van der Waals surface area contributed by atoms with Crippen molar-refractivity contribution in [2.45, 2.75) is 39.5 Å². The summed E-state index contributed by atoms with van der Waals surface area (Å²) in [5, 5.41) is 17.5. The summed E-state index contributed by atoms with van der Waals surface area (Å²) in [6, 6.07) is 15.5. The third-order valence-electron chi connectivity index (χ3n) is 5.98. The molecule has 0 bridgehead atoms. The first-order valence-electron chi connectivity index (χ1n) is 11.2. The maximum atomic E-state index is 10.3. The molecule has 34 heavy (non-hydrogen) atoms. The van der Waals surface area contributed by atoms with Crippen molar-refractivity contribution in [2.24, 2.45) is 5.92 Å². The first kappa shape index (κ1) is 23.8. The smallest absolute Gasteiger partial charge is 0.226 e. The van der Waals surface area contributed by atoms with Gasteiger partial charge >= 0.3 is 0 Å². The third-order valence-corrected chi connectivity index (χ3v) is 6.22. The van der Waals surface area contributed by atoms with E-state index in [9.17, 15) is 5.11 Å². The minimum atomic E-state index is -0.822. The predicted molar refractivity (Wildman–Crippen MR) is 138 cm³/mol. The van der Waals surface area contributed by atoms with E-state index in [4.69, 9.17) is 22.3 Å². The molecule has 0 saturated heterocycles. The molecule has 0 saturated carbocycles. The van der Waals surface area contributed by atoms with Crippen LogP contribution >= 0.6 is 11.6 Å². The number of anilines is 3. The third kappa shape index (κ3) is 5.58. The molecule has 0 amide bonds. The summed E-state index contributed by atoms with van der Waals surface area (Å²) in [7, 11) is 0. The Labute approximate surface area is 204 Å². The molecule has 2 aromatic heterocycles. The van der Waals surface area contributed by atoms with Gasteiger partial charge in [-0.2, -0.15) is 9.97 Å². The lowest BCUT2D eigenvalue weighted by molar-refractivity contribution is 0.0303. The monoisotopic (exact) mass is 479 g/mol. The molecule has 4 aromatic rings. The van der Waals surface area contributed by atoms with Gasteiger partial charge in [0.15, 0.2) is 17.0 Å². The molecule has 0 fully saturated rings. The highest BCUT2D eigenvalue weighted by molar-refractivity contribution is 6.30. The number of hydrogen-bond acceptors (Lipinski definition) is 7. The van der Waals surface area contributed by atoms with Gasteiger partial charge in [-0.25, -0.2) is 4.98 Å². The van der Waals surface area contributed by atoms with E-state index in [-0.39, 0.29) is 5.92 Å². The molecule has 8 nitrogen and oxygen atoms in total. The number of imidazole rings is 1. The number of rotatable bonds is 9. The molecule has 5 N–H and O–H groups in total. The Balaban J connectivity index is 1.66. The summed E-state index contributed by atoms with van der Waals surface area (Å²) in [5.41, 5.74) is 9.33. The van der Waals surface area contributed by atoms with Crippen LogP contribution in [0.5, 0.6) is 0 Å². The fourth-order valence-corrected chi connectivity index (χ4v) is 3.64. The number of halogens is 1. The van der Waals surface area contributed by atoms with Crippen LogP contribution in [-0.4, -0.2) is 36.8 Å². The predicted octanol–water partition coefficient (Wildman–Crippen LogP) is 4.54. The zero-order chi connectivity index (χ0) is 24.3. The molecule has 0 aliphatic heterocycles. The Morgan fingerprint density at radius 1 is 1.12 bits per heavy atom. The van der Waals surface area contributed by atoms with Crippen LogP contribution in [0.3, 0.4) is 0 Å². The van der Waals surface area contributed by atoms with Gasteiger partial charge in [-0.3, -0.25) is 0 Å². The fourth-order valence-electron chi connectivity index (χ4n) is 3.44. The average molecular weight is 480 g/mol. The van der Waals surface area contributed by atoms with Crippen molar-refractivity contribution in [1.82, 2.24) is 19.5 Å². The van der Waals surface area contributed by atoms with E-state index >= 15 is 0 Å². The molecule has 0 aliphatic rings. The summed E-state index contributed by atoms with van der Waals surface area (Å²) in [5.74, 6) is 1.04. The Kier molecular flexibility index (Phi) is 6.90. The summed E-state index contributed by atoms with van der Waals surface area (Å²) >= 11 is 6.15. The lowest BCUT2D eigenvalue weighted by Crippen LogP contribution is -2.33. The van der Waals surface area contributed by atoms with Crippen molar-refractivity contribution in [1.29, 1.82) is 0 Å². The second-order valence-corrected chi connectivity index (χ2v) is 9.49. The fraction of sp³-hybridized carbons (Fsp3) is 0.320. The Bertz CT molecular complexity index is 1270. The van der Waals surface area contributed by atoms with Gasteiger partial charge < -0.3 is 26.0 Å². The number of aromatic nitrogens is 4. The van der Waals surface area contributed by atoms with Crippen LogP contribution in [0.4, 0.5) is 17.5 Å². The van der Waals surface area contributed by atoms with Crippen LogP contribution < -0.4 is 16.4 Å². The number of benzene rings is 2. The largest absolute Gasteiger partial charge is 0.398 e. The number of nitrogens with zero attached hydrogens (tertiary/aromatic N) is 4. The average Bonchev–Trinajstić information content (AvgIpc) is 3.20. The number of nitrogens with one attached hydrogen (secondary N) is 2. The second-order valence-electron chi connectivity index (χ2n) is 9.06. The quantitative estimate of drug-likeness (QED) is 0.260. The van der Waals surface area contributed by atoms with Crippen LogP contribution in [0, 0.1) is 5.92 Å². The number of nitrogens with two attached hydrogens (primary N) is 1. The number of nitrogen functional groups attached to an aromatic ring is 1. The minimum absolute atomic E-state index is 0.0105. The van der Waals surface area contributed by atoms with Crippen LogP contribution in [-0.2, 0) is 13.1 Å². The normalized spacial score (nSPS) is 12.6. The van der Waals surface area contributed by atoms with Crippen LogP contribution in [0.25, 0.3) is 11.2 Å². The van der Waals surface area contributed by atoms with Gasteiger partial charge in [-0.1, -0.05) is 48.9 Å². The Hall–Kier alpha value is -3.36. The van der Waals surface area contributed by atoms with E-state index in [0.29, 0.717) is 53.3 Å². The highest BCUT2D eigenvalue weighted by Gasteiger charge is 2.22. The van der Waals surface area contributed by atoms with Crippen molar-refractivity contribution < 1.29 is 5.11 Å². The minimum Gasteiger partial charge on any atom is -0.398 e. The van der Waals surface area contributed by atoms with Crippen LogP contribution in [0.15, 0.2) is 54.9 Å². The van der Waals surface area contributed by atoms with Crippen molar-refractivity contribution in [3.05, 3.63) is 71.0 Å². The van der Waals surface area contributed by atoms with Crippen molar-refractivity contribution in [2.75, 3.05) is 22.9 Å². The van der Waals surface area contributed by atoms with Gasteiger partial charge in [0.1, 0.15) is 0 Å². The highest BCUT2D eigenvalue weighted by atomic mass is 35.5. The lowest BCUT2D eigenvalue weighted by Gasteiger charge is -2.26. The van der Waals surface area contributed by atoms with E-state index in [1.165, 1.54) is 0 Å². The molecular formula is C25H30ClN7O. The van der Waals surface area contributed by atoms with E-state index in [1.54, 1.807) is 32.3 Å². The molecule has 0 radical (unpaired) electrons. The molecule has 2 aromatic carbocycles. The summed E-state index contributed by atoms with van der Waals surface area (Å²) in [4.78, 5) is 14.0. The van der Waals surface area contributed by atoms with E-state index in [0.717, 1.165) is 11.1 Å². The number of hydrogen-bond donors (Lipinski definition) is 4. The van der Waals surface area contributed by atoms with Gasteiger partial charge in [-0.05, 0) is 43.2 Å². The molecule has 0 spiro atoms. The summed E-state index contributed by atoms with van der Waals surface area (Å²) in [6.07, 6.45) is 1.77. The molecule has 0 aliphatic carbocycles. The SMILES string of the molecule is CC(CNc1nc(NCc2cc(Cl)ccc2N)c2ncn(Cc3ccccc3)c2n1)C(C)(C)O. The van der Waals surface area contributed by atoms with Crippen LogP contribution in [0.2, 0.25) is 5.02 Å². The second kappa shape index (κ2) is 9.87. The first-order chi connectivity index (χ1) is 16.2. The Morgan fingerprint density at radius 3 is 2.62 bits per heavy atom. The molecule has 1 unspecified atom stereocenters. The van der Waals surface area contributed by atoms with Crippen LogP contribution in [0.1, 0.15) is 31.9 Å². The van der Waals surface area contributed by atoms with E-state index in [1.807, 2.05) is 35.8 Å². The number of fused-ring (bicyclic) bond motifs is 1. The molecule has 1 atom stereocenters. The maximum Gasteiger partial charge on any atom is 0.226 e. The van der Waals surface area contributed by atoms with Crippen molar-refractivity contribution >= 4 is 40.2 Å². The van der Waals surface area contributed by atoms with Crippen molar-refractivity contribution in [3.63, 3.8) is 0 Å². The van der Waals surface area contributed by atoms with Gasteiger partial charge in [0.25, 0.3) is 0 Å². The zero-order valence-electron chi connectivity index (χ0n) is 19.6. The van der Waals surface area contributed by atoms with E-state index < -0.39 is 5.60 Å². The first-order valence-corrected chi connectivity index (χ1v) is 11.6. The molecular weight excluding hydrogens is 450 g/mol. The molecule has 4 rings (SSSR count). The summed E-state index contributed by atoms with van der Waals surface area (Å²) < 4.78 is 2.00. The zero-order valence-corrected chi connectivity index (χ0v) is 20.3. The molecule has 178 valence electrons. The number of aliphatic hydroxyl groups is 1. The lowest BCUT2D eigenvalue weighted by atomic mass is 9.93. The van der Waals surface area contributed by atoms with Gasteiger partial charge in [0.05, 0.1) is 18.5 Å². The van der Waals surface area contributed by atoms with Crippen molar-refractivity contribution in [3.8, 4) is 0 Å². The Morgan fingerprint density at radius 2 is 1.88 bits per heavy atom. The topological polar surface area (TPSA) is 114 Å². The maximum absolute atomic E-state index is 10.3. The summed E-state index contributed by atoms with van der Waals surface area (Å²) in [6.45, 7) is 7.15. The molecule has 9 heteroatoms. The molecule has 2 heterocycles. The standard InChI is InChI=1S/C25H30ClN7O/c1-16(25(2,3)34)12-29-24-31-22(28-13-18-11-19(26)9-10-20(18)27)21-23(32-24)33(15-30-21)14-17-7-5-4-6-8-17/h4-11,15-16,34H,12-14,27H2,1-3H3,(H2,28,29,31,32). The van der Waals surface area contributed by atoms with Gasteiger partial charge in [0.2, 0.25) is 5.95 Å². The van der Waals surface area contributed by atoms with E-state index in [2.05, 4.69) is 32.7 Å².